The third-order valence-electron chi connectivity index (χ3n) is 3.13. The van der Waals surface area contributed by atoms with Gasteiger partial charge in [0.15, 0.2) is 0 Å². The maximum absolute atomic E-state index is 12.2. The normalized spacial score (nSPS) is 23.1. The van der Waals surface area contributed by atoms with Crippen LogP contribution in [-0.2, 0) is 4.74 Å². The van der Waals surface area contributed by atoms with Crippen LogP contribution >= 0.6 is 31.9 Å². The SMILES string of the molecule is CC1(NC(=O)c2cc(Br)c(O)c(Br)c2)CCCOC1. The summed E-state index contributed by atoms with van der Waals surface area (Å²) in [4.78, 5) is 12.2. The molecule has 1 fully saturated rings. The summed E-state index contributed by atoms with van der Waals surface area (Å²) in [6.45, 7) is 3.26. The molecule has 0 aliphatic carbocycles. The Bertz CT molecular complexity index is 476. The molecular formula is C13H15Br2NO3. The molecule has 0 saturated carbocycles. The Morgan fingerprint density at radius 1 is 1.42 bits per heavy atom. The lowest BCUT2D eigenvalue weighted by Gasteiger charge is -2.34. The van der Waals surface area contributed by atoms with Gasteiger partial charge in [-0.15, -0.1) is 0 Å². The van der Waals surface area contributed by atoms with Gasteiger partial charge in [-0.25, -0.2) is 0 Å². The molecule has 1 atom stereocenters. The first-order valence-electron chi connectivity index (χ1n) is 5.99. The van der Waals surface area contributed by atoms with Crippen molar-refractivity contribution in [2.24, 2.45) is 0 Å². The van der Waals surface area contributed by atoms with E-state index in [9.17, 15) is 9.90 Å². The second kappa shape index (κ2) is 5.81. The van der Waals surface area contributed by atoms with Gasteiger partial charge in [-0.3, -0.25) is 4.79 Å². The van der Waals surface area contributed by atoms with E-state index in [1.54, 1.807) is 12.1 Å². The first-order valence-corrected chi connectivity index (χ1v) is 7.58. The molecule has 1 aliphatic heterocycles. The summed E-state index contributed by atoms with van der Waals surface area (Å²) >= 11 is 6.44. The quantitative estimate of drug-likeness (QED) is 0.812. The second-order valence-corrected chi connectivity index (χ2v) is 6.67. The van der Waals surface area contributed by atoms with Crippen LogP contribution in [-0.4, -0.2) is 29.8 Å². The number of aromatic hydroxyl groups is 1. The highest BCUT2D eigenvalue weighted by molar-refractivity contribution is 9.11. The number of phenols is 1. The van der Waals surface area contributed by atoms with Crippen molar-refractivity contribution in [1.82, 2.24) is 5.32 Å². The fraction of sp³-hybridized carbons (Fsp3) is 0.462. The van der Waals surface area contributed by atoms with Gasteiger partial charge in [0.25, 0.3) is 5.91 Å². The summed E-state index contributed by atoms with van der Waals surface area (Å²) in [7, 11) is 0. The van der Waals surface area contributed by atoms with Gasteiger partial charge in [0.2, 0.25) is 0 Å². The van der Waals surface area contributed by atoms with Crippen molar-refractivity contribution in [3.05, 3.63) is 26.6 Å². The minimum absolute atomic E-state index is 0.0868. The molecule has 1 heterocycles. The van der Waals surface area contributed by atoms with Crippen LogP contribution in [0.4, 0.5) is 0 Å². The number of amides is 1. The van der Waals surface area contributed by atoms with Crippen LogP contribution in [0, 0.1) is 0 Å². The first kappa shape index (κ1) is 14.8. The Labute approximate surface area is 128 Å². The largest absolute Gasteiger partial charge is 0.506 e. The Kier molecular flexibility index (Phi) is 4.53. The summed E-state index contributed by atoms with van der Waals surface area (Å²) in [6, 6.07) is 3.20. The summed E-state index contributed by atoms with van der Waals surface area (Å²) in [5.41, 5.74) is 0.162. The molecule has 1 aromatic carbocycles. The minimum atomic E-state index is -0.327. The van der Waals surface area contributed by atoms with E-state index >= 15 is 0 Å². The lowest BCUT2D eigenvalue weighted by Crippen LogP contribution is -2.51. The summed E-state index contributed by atoms with van der Waals surface area (Å²) in [6.07, 6.45) is 1.85. The molecule has 4 nitrogen and oxygen atoms in total. The predicted molar refractivity (Wildman–Crippen MR) is 79.4 cm³/mol. The van der Waals surface area contributed by atoms with Crippen LogP contribution < -0.4 is 5.32 Å². The monoisotopic (exact) mass is 391 g/mol. The minimum Gasteiger partial charge on any atom is -0.506 e. The lowest BCUT2D eigenvalue weighted by atomic mass is 9.94. The van der Waals surface area contributed by atoms with E-state index in [0.717, 1.165) is 19.4 Å². The number of carbonyl (C=O) groups is 1. The standard InChI is InChI=1S/C13H15Br2NO3/c1-13(3-2-4-19-7-13)16-12(18)8-5-9(14)11(17)10(15)6-8/h5-6,17H,2-4,7H2,1H3,(H,16,18). The zero-order valence-electron chi connectivity index (χ0n) is 10.5. The molecule has 0 radical (unpaired) electrons. The van der Waals surface area contributed by atoms with Gasteiger partial charge in [-0.2, -0.15) is 0 Å². The molecule has 0 bridgehead atoms. The smallest absolute Gasteiger partial charge is 0.251 e. The van der Waals surface area contributed by atoms with Crippen LogP contribution in [0.25, 0.3) is 0 Å². The van der Waals surface area contributed by atoms with Gasteiger partial charge in [0.05, 0.1) is 21.1 Å². The van der Waals surface area contributed by atoms with Crippen molar-refractivity contribution in [3.63, 3.8) is 0 Å². The molecule has 1 saturated heterocycles. The van der Waals surface area contributed by atoms with Crippen molar-refractivity contribution in [2.45, 2.75) is 25.3 Å². The maximum atomic E-state index is 12.2. The molecule has 2 N–H and O–H groups in total. The van der Waals surface area contributed by atoms with E-state index in [-0.39, 0.29) is 17.2 Å². The van der Waals surface area contributed by atoms with Gasteiger partial charge in [0.1, 0.15) is 5.75 Å². The van der Waals surface area contributed by atoms with Crippen LogP contribution in [0.15, 0.2) is 21.1 Å². The fourth-order valence-corrected chi connectivity index (χ4v) is 3.26. The Morgan fingerprint density at radius 3 is 2.58 bits per heavy atom. The van der Waals surface area contributed by atoms with Gasteiger partial charge in [-0.1, -0.05) is 0 Å². The third-order valence-corrected chi connectivity index (χ3v) is 4.34. The van der Waals surface area contributed by atoms with Crippen molar-refractivity contribution in [3.8, 4) is 5.75 Å². The lowest BCUT2D eigenvalue weighted by molar-refractivity contribution is 0.0272. The highest BCUT2D eigenvalue weighted by Gasteiger charge is 2.29. The number of ether oxygens (including phenoxy) is 1. The number of halogens is 2. The number of hydrogen-bond acceptors (Lipinski definition) is 3. The number of benzene rings is 1. The van der Waals surface area contributed by atoms with Crippen LogP contribution in [0.5, 0.6) is 5.75 Å². The van der Waals surface area contributed by atoms with Crippen LogP contribution in [0.3, 0.4) is 0 Å². The van der Waals surface area contributed by atoms with Gasteiger partial charge in [-0.05, 0) is 63.8 Å². The molecule has 2 rings (SSSR count). The van der Waals surface area contributed by atoms with E-state index in [1.165, 1.54) is 0 Å². The van der Waals surface area contributed by atoms with Crippen molar-refractivity contribution in [1.29, 1.82) is 0 Å². The van der Waals surface area contributed by atoms with E-state index in [2.05, 4.69) is 37.2 Å². The highest BCUT2D eigenvalue weighted by atomic mass is 79.9. The zero-order valence-corrected chi connectivity index (χ0v) is 13.7. The number of hydrogen-bond donors (Lipinski definition) is 2. The third kappa shape index (κ3) is 3.49. The van der Waals surface area contributed by atoms with Crippen molar-refractivity contribution in [2.75, 3.05) is 13.2 Å². The van der Waals surface area contributed by atoms with E-state index in [0.29, 0.717) is 21.1 Å². The number of rotatable bonds is 2. The highest BCUT2D eigenvalue weighted by Crippen LogP contribution is 2.33. The molecule has 1 aromatic rings. The second-order valence-electron chi connectivity index (χ2n) is 4.96. The van der Waals surface area contributed by atoms with Gasteiger partial charge >= 0.3 is 0 Å². The summed E-state index contributed by atoms with van der Waals surface area (Å²) < 4.78 is 6.38. The number of phenolic OH excluding ortho intramolecular Hbond substituents is 1. The molecule has 104 valence electrons. The summed E-state index contributed by atoms with van der Waals surface area (Å²) in [5, 5.41) is 12.6. The number of carbonyl (C=O) groups excluding carboxylic acids is 1. The Hall–Kier alpha value is -0.590. The molecular weight excluding hydrogens is 378 g/mol. The topological polar surface area (TPSA) is 58.6 Å². The molecule has 1 unspecified atom stereocenters. The van der Waals surface area contributed by atoms with Crippen LogP contribution in [0.1, 0.15) is 30.1 Å². The first-order chi connectivity index (χ1) is 8.91. The van der Waals surface area contributed by atoms with Crippen molar-refractivity contribution < 1.29 is 14.6 Å². The van der Waals surface area contributed by atoms with E-state index in [4.69, 9.17) is 4.74 Å². The van der Waals surface area contributed by atoms with E-state index in [1.807, 2.05) is 6.92 Å². The van der Waals surface area contributed by atoms with Gasteiger partial charge < -0.3 is 15.2 Å². The average Bonchev–Trinajstić information content (AvgIpc) is 2.35. The molecule has 6 heteroatoms. The van der Waals surface area contributed by atoms with Crippen LogP contribution in [0.2, 0.25) is 0 Å². The number of nitrogens with one attached hydrogen (secondary N) is 1. The Morgan fingerprint density at radius 2 is 2.05 bits per heavy atom. The molecule has 0 aromatic heterocycles. The zero-order chi connectivity index (χ0) is 14.0. The average molecular weight is 393 g/mol. The molecule has 19 heavy (non-hydrogen) atoms. The molecule has 1 amide bonds. The molecule has 1 aliphatic rings. The summed E-state index contributed by atoms with van der Waals surface area (Å²) in [5.74, 6) is -0.0850. The van der Waals surface area contributed by atoms with E-state index < -0.39 is 0 Å². The predicted octanol–water partition coefficient (Wildman–Crippen LogP) is 3.22. The van der Waals surface area contributed by atoms with Crippen molar-refractivity contribution >= 4 is 37.8 Å². The maximum Gasteiger partial charge on any atom is 0.251 e. The Balaban J connectivity index is 2.16. The molecule has 0 spiro atoms. The fourth-order valence-electron chi connectivity index (χ4n) is 2.08. The van der Waals surface area contributed by atoms with Gasteiger partial charge in [0, 0.05) is 12.2 Å².